The van der Waals surface area contributed by atoms with Gasteiger partial charge in [-0.2, -0.15) is 0 Å². The number of aryl methyl sites for hydroxylation is 1. The van der Waals surface area contributed by atoms with E-state index in [9.17, 15) is 14.7 Å². The summed E-state index contributed by atoms with van der Waals surface area (Å²) in [5.41, 5.74) is 0.298. The number of phenols is 1. The molecule has 0 bridgehead atoms. The number of carboxylic acid groups (broad SMARTS) is 1. The van der Waals surface area contributed by atoms with E-state index in [0.717, 1.165) is 0 Å². The molecule has 2 aromatic carbocycles. The predicted octanol–water partition coefficient (Wildman–Crippen LogP) is 2.76. The van der Waals surface area contributed by atoms with Gasteiger partial charge >= 0.3 is 5.97 Å². The van der Waals surface area contributed by atoms with Crippen LogP contribution in [0.1, 0.15) is 15.9 Å². The van der Waals surface area contributed by atoms with E-state index < -0.39 is 17.5 Å². The molecule has 5 heteroatoms. The van der Waals surface area contributed by atoms with E-state index in [4.69, 9.17) is 9.84 Å². The average molecular weight is 272 g/mol. The molecule has 0 aliphatic heterocycles. The maximum absolute atomic E-state index is 11.4. The number of aromatic hydroxyl groups is 1. The maximum Gasteiger partial charge on any atom is 0.377 e. The molecule has 2 N–H and O–H groups in total. The number of benzene rings is 2. The first-order valence-corrected chi connectivity index (χ1v) is 5.83. The third kappa shape index (κ3) is 2.77. The highest BCUT2D eigenvalue weighted by molar-refractivity contribution is 6.40. The second-order valence-electron chi connectivity index (χ2n) is 4.18. The Hall–Kier alpha value is -2.82. The fourth-order valence-electron chi connectivity index (χ4n) is 1.70. The number of aliphatic carboxylic acids is 1. The van der Waals surface area contributed by atoms with Gasteiger partial charge in [0.05, 0.1) is 5.56 Å². The second kappa shape index (κ2) is 5.44. The predicted molar refractivity (Wildman–Crippen MR) is 71.3 cm³/mol. The van der Waals surface area contributed by atoms with Crippen LogP contribution >= 0.6 is 0 Å². The lowest BCUT2D eigenvalue weighted by Crippen LogP contribution is -2.13. The number of hydrogen-bond acceptors (Lipinski definition) is 4. The summed E-state index contributed by atoms with van der Waals surface area (Å²) in [7, 11) is 0. The van der Waals surface area contributed by atoms with Gasteiger partial charge in [0.1, 0.15) is 17.2 Å². The molecule has 2 rings (SSSR count). The van der Waals surface area contributed by atoms with Crippen molar-refractivity contribution in [2.75, 3.05) is 0 Å². The molecule has 0 fully saturated rings. The zero-order chi connectivity index (χ0) is 14.7. The number of ether oxygens (including phenoxy) is 1. The lowest BCUT2D eigenvalue weighted by molar-refractivity contribution is -0.131. The first-order valence-electron chi connectivity index (χ1n) is 5.83. The van der Waals surface area contributed by atoms with E-state index in [-0.39, 0.29) is 5.56 Å². The van der Waals surface area contributed by atoms with Gasteiger partial charge in [0.2, 0.25) is 0 Å². The van der Waals surface area contributed by atoms with E-state index in [1.165, 1.54) is 12.1 Å². The Labute approximate surface area is 115 Å². The molecule has 0 saturated carbocycles. The number of para-hydroxylation sites is 1. The highest BCUT2D eigenvalue weighted by Gasteiger charge is 2.20. The Morgan fingerprint density at radius 1 is 1.10 bits per heavy atom. The van der Waals surface area contributed by atoms with Crippen molar-refractivity contribution in [3.63, 3.8) is 0 Å². The SMILES string of the molecule is Cc1cc(C(=O)C(=O)O)c(O)cc1Oc1ccccc1. The van der Waals surface area contributed by atoms with E-state index in [1.54, 1.807) is 31.2 Å². The lowest BCUT2D eigenvalue weighted by Gasteiger charge is -2.11. The van der Waals surface area contributed by atoms with Gasteiger partial charge in [0, 0.05) is 6.07 Å². The highest BCUT2D eigenvalue weighted by Crippen LogP contribution is 2.31. The smallest absolute Gasteiger partial charge is 0.377 e. The second-order valence-corrected chi connectivity index (χ2v) is 4.18. The topological polar surface area (TPSA) is 83.8 Å². The molecule has 5 nitrogen and oxygen atoms in total. The minimum absolute atomic E-state index is 0.254. The Morgan fingerprint density at radius 2 is 1.75 bits per heavy atom. The summed E-state index contributed by atoms with van der Waals surface area (Å²) in [4.78, 5) is 22.0. The van der Waals surface area contributed by atoms with E-state index in [1.807, 2.05) is 6.07 Å². The van der Waals surface area contributed by atoms with Crippen LogP contribution in [0, 0.1) is 6.92 Å². The van der Waals surface area contributed by atoms with Crippen molar-refractivity contribution in [3.05, 3.63) is 53.6 Å². The number of ketones is 1. The number of carbonyl (C=O) groups excluding carboxylic acids is 1. The van der Waals surface area contributed by atoms with Gasteiger partial charge in [-0.1, -0.05) is 18.2 Å². The van der Waals surface area contributed by atoms with E-state index in [0.29, 0.717) is 17.1 Å². The van der Waals surface area contributed by atoms with Gasteiger partial charge in [0.25, 0.3) is 5.78 Å². The van der Waals surface area contributed by atoms with Crippen molar-refractivity contribution in [1.82, 2.24) is 0 Å². The third-order valence-electron chi connectivity index (χ3n) is 2.70. The van der Waals surface area contributed by atoms with Crippen LogP contribution in [0.2, 0.25) is 0 Å². The molecule has 0 atom stereocenters. The minimum atomic E-state index is -1.61. The van der Waals surface area contributed by atoms with Crippen molar-refractivity contribution in [3.8, 4) is 17.2 Å². The van der Waals surface area contributed by atoms with Crippen LogP contribution in [0.5, 0.6) is 17.2 Å². The molecule has 0 aliphatic rings. The molecular weight excluding hydrogens is 260 g/mol. The zero-order valence-corrected chi connectivity index (χ0v) is 10.7. The highest BCUT2D eigenvalue weighted by atomic mass is 16.5. The number of carboxylic acids is 1. The van der Waals surface area contributed by atoms with Crippen LogP contribution < -0.4 is 4.74 Å². The van der Waals surface area contributed by atoms with Crippen molar-refractivity contribution in [1.29, 1.82) is 0 Å². The lowest BCUT2D eigenvalue weighted by atomic mass is 10.1. The Bertz CT molecular complexity index is 661. The Morgan fingerprint density at radius 3 is 2.35 bits per heavy atom. The number of hydrogen-bond donors (Lipinski definition) is 2. The number of carbonyl (C=O) groups is 2. The normalized spacial score (nSPS) is 10.1. The fraction of sp³-hybridized carbons (Fsp3) is 0.0667. The number of phenolic OH excluding ortho intramolecular Hbond substituents is 1. The molecular formula is C15H12O5. The third-order valence-corrected chi connectivity index (χ3v) is 2.70. The van der Waals surface area contributed by atoms with Gasteiger partial charge in [-0.15, -0.1) is 0 Å². The molecule has 0 unspecified atom stereocenters. The van der Waals surface area contributed by atoms with Crippen LogP contribution in [0.4, 0.5) is 0 Å². The largest absolute Gasteiger partial charge is 0.507 e. The molecule has 0 amide bonds. The summed E-state index contributed by atoms with van der Waals surface area (Å²) in [6.45, 7) is 1.66. The molecule has 0 heterocycles. The van der Waals surface area contributed by atoms with Gasteiger partial charge < -0.3 is 14.9 Å². The summed E-state index contributed by atoms with van der Waals surface area (Å²) in [6.07, 6.45) is 0. The molecule has 2 aromatic rings. The summed E-state index contributed by atoms with van der Waals surface area (Å²) in [6, 6.07) is 11.5. The van der Waals surface area contributed by atoms with Crippen molar-refractivity contribution in [2.45, 2.75) is 6.92 Å². The van der Waals surface area contributed by atoms with Crippen molar-refractivity contribution >= 4 is 11.8 Å². The van der Waals surface area contributed by atoms with Crippen molar-refractivity contribution < 1.29 is 24.5 Å². The fourth-order valence-corrected chi connectivity index (χ4v) is 1.70. The quantitative estimate of drug-likeness (QED) is 0.660. The van der Waals surface area contributed by atoms with Crippen LogP contribution in [0.25, 0.3) is 0 Å². The molecule has 0 spiro atoms. The van der Waals surface area contributed by atoms with E-state index in [2.05, 4.69) is 0 Å². The van der Waals surface area contributed by atoms with Gasteiger partial charge in [-0.05, 0) is 30.7 Å². The Balaban J connectivity index is 2.36. The van der Waals surface area contributed by atoms with Crippen LogP contribution in [0.3, 0.4) is 0 Å². The molecule has 0 saturated heterocycles. The zero-order valence-electron chi connectivity index (χ0n) is 10.7. The van der Waals surface area contributed by atoms with Gasteiger partial charge in [-0.3, -0.25) is 4.79 Å². The summed E-state index contributed by atoms with van der Waals surface area (Å²) < 4.78 is 5.57. The van der Waals surface area contributed by atoms with Crippen LogP contribution in [0.15, 0.2) is 42.5 Å². The molecule has 0 aliphatic carbocycles. The maximum atomic E-state index is 11.4. The first kappa shape index (κ1) is 13.6. The number of Topliss-reactive ketones (excluding diaryl/α,β-unsaturated/α-hetero) is 1. The van der Waals surface area contributed by atoms with E-state index >= 15 is 0 Å². The summed E-state index contributed by atoms with van der Waals surface area (Å²) in [5.74, 6) is -2.26. The average Bonchev–Trinajstić information content (AvgIpc) is 2.42. The van der Waals surface area contributed by atoms with Crippen LogP contribution in [-0.2, 0) is 4.79 Å². The minimum Gasteiger partial charge on any atom is -0.507 e. The summed E-state index contributed by atoms with van der Waals surface area (Å²) in [5, 5.41) is 18.4. The summed E-state index contributed by atoms with van der Waals surface area (Å²) >= 11 is 0. The Kier molecular flexibility index (Phi) is 3.70. The first-order chi connectivity index (χ1) is 9.49. The molecule has 102 valence electrons. The monoisotopic (exact) mass is 272 g/mol. The number of rotatable bonds is 4. The van der Waals surface area contributed by atoms with Gasteiger partial charge in [0.15, 0.2) is 0 Å². The standard InChI is InChI=1S/C15H12O5/c1-9-7-11(14(17)15(18)19)12(16)8-13(9)20-10-5-3-2-4-6-10/h2-8,16H,1H3,(H,18,19). The van der Waals surface area contributed by atoms with Crippen molar-refractivity contribution in [2.24, 2.45) is 0 Å². The van der Waals surface area contributed by atoms with Crippen LogP contribution in [-0.4, -0.2) is 22.0 Å². The molecule has 0 aromatic heterocycles. The van der Waals surface area contributed by atoms with Gasteiger partial charge in [-0.25, -0.2) is 4.79 Å². The molecule has 0 radical (unpaired) electrons. The molecule has 20 heavy (non-hydrogen) atoms.